The summed E-state index contributed by atoms with van der Waals surface area (Å²) in [6, 6.07) is 15.7. The number of fused-ring (bicyclic) bond motifs is 1. The van der Waals surface area contributed by atoms with Gasteiger partial charge in [-0.15, -0.1) is 0 Å². The van der Waals surface area contributed by atoms with E-state index in [9.17, 15) is 33.3 Å². The Morgan fingerprint density at radius 1 is 1.06 bits per heavy atom. The van der Waals surface area contributed by atoms with Gasteiger partial charge in [-0.3, -0.25) is 0 Å². The van der Waals surface area contributed by atoms with Crippen LogP contribution in [0.25, 0.3) is 11.1 Å². The van der Waals surface area contributed by atoms with Gasteiger partial charge in [-0.25, -0.2) is 4.79 Å². The molecule has 0 aromatic heterocycles. The van der Waals surface area contributed by atoms with Crippen LogP contribution in [0.5, 0.6) is 5.75 Å². The maximum atomic E-state index is 13.2. The maximum absolute atomic E-state index is 13.2. The number of carbonyl (C=O) groups is 1. The molecule has 1 aliphatic rings. The lowest BCUT2D eigenvalue weighted by Gasteiger charge is -2.38. The smallest absolute Gasteiger partial charge is 0.416 e. The van der Waals surface area contributed by atoms with Crippen LogP contribution in [-0.4, -0.2) is 33.5 Å². The Bertz CT molecular complexity index is 1160. The Labute approximate surface area is 181 Å². The van der Waals surface area contributed by atoms with E-state index >= 15 is 0 Å². The van der Waals surface area contributed by atoms with Gasteiger partial charge in [-0.2, -0.15) is 13.2 Å². The number of hydrogen-bond acceptors (Lipinski definition) is 4. The standard InChI is InChI=1S/C24H19F3O5/c25-24(26,27)16-7-9-17(22(29)30)19(11-16)15-6-8-18-20(10-15)32-13-23(31,21(18)28)12-14-4-2-1-3-5-14/h1-11,21,28,31H,12-13H2,(H,29,30)/t21-,23-/m0/s1. The topological polar surface area (TPSA) is 87.0 Å². The molecule has 0 bridgehead atoms. The highest BCUT2D eigenvalue weighted by molar-refractivity contribution is 5.96. The Morgan fingerprint density at radius 3 is 2.44 bits per heavy atom. The molecule has 0 radical (unpaired) electrons. The van der Waals surface area contributed by atoms with E-state index < -0.39 is 29.4 Å². The number of benzene rings is 3. The quantitative estimate of drug-likeness (QED) is 0.553. The zero-order valence-corrected chi connectivity index (χ0v) is 16.6. The molecule has 3 aromatic rings. The number of carboxylic acids is 1. The van der Waals surface area contributed by atoms with E-state index in [4.69, 9.17) is 4.74 Å². The molecule has 2 atom stereocenters. The summed E-state index contributed by atoms with van der Waals surface area (Å²) in [5.74, 6) is -1.20. The molecule has 166 valence electrons. The average molecular weight is 444 g/mol. The Kier molecular flexibility index (Phi) is 5.44. The highest BCUT2D eigenvalue weighted by Gasteiger charge is 2.43. The van der Waals surface area contributed by atoms with Crippen LogP contribution < -0.4 is 4.74 Å². The van der Waals surface area contributed by atoms with E-state index in [0.717, 1.165) is 23.8 Å². The predicted molar refractivity (Wildman–Crippen MR) is 109 cm³/mol. The predicted octanol–water partition coefficient (Wildman–Crippen LogP) is 4.47. The van der Waals surface area contributed by atoms with Crippen LogP contribution in [0.15, 0.2) is 66.7 Å². The number of hydrogen-bond donors (Lipinski definition) is 3. The van der Waals surface area contributed by atoms with E-state index in [1.165, 1.54) is 18.2 Å². The van der Waals surface area contributed by atoms with Crippen LogP contribution in [-0.2, 0) is 12.6 Å². The minimum absolute atomic E-state index is 0.127. The second-order valence-electron chi connectivity index (χ2n) is 7.77. The fourth-order valence-electron chi connectivity index (χ4n) is 3.87. The molecule has 3 aromatic carbocycles. The van der Waals surface area contributed by atoms with Crippen molar-refractivity contribution in [3.05, 3.63) is 89.0 Å². The van der Waals surface area contributed by atoms with Gasteiger partial charge in [0, 0.05) is 12.0 Å². The minimum Gasteiger partial charge on any atom is -0.490 e. The number of ether oxygens (including phenoxy) is 1. The molecule has 0 amide bonds. The Hall–Kier alpha value is -3.36. The molecular formula is C24H19F3O5. The highest BCUT2D eigenvalue weighted by atomic mass is 19.4. The Balaban J connectivity index is 1.71. The van der Waals surface area contributed by atoms with Crippen LogP contribution in [0.4, 0.5) is 13.2 Å². The van der Waals surface area contributed by atoms with Crippen LogP contribution in [0, 0.1) is 0 Å². The summed E-state index contributed by atoms with van der Waals surface area (Å²) in [6.45, 7) is -0.242. The fraction of sp³-hybridized carbons (Fsp3) is 0.208. The van der Waals surface area contributed by atoms with E-state index in [0.29, 0.717) is 0 Å². The summed E-state index contributed by atoms with van der Waals surface area (Å²) >= 11 is 0. The average Bonchev–Trinajstić information content (AvgIpc) is 2.76. The third-order valence-electron chi connectivity index (χ3n) is 5.54. The fourth-order valence-corrected chi connectivity index (χ4v) is 3.87. The summed E-state index contributed by atoms with van der Waals surface area (Å²) < 4.78 is 45.2. The zero-order chi connectivity index (χ0) is 23.1. The summed E-state index contributed by atoms with van der Waals surface area (Å²) in [6.07, 6.45) is -5.81. The van der Waals surface area contributed by atoms with E-state index in [2.05, 4.69) is 0 Å². The molecule has 0 saturated carbocycles. The van der Waals surface area contributed by atoms with Gasteiger partial charge in [0.1, 0.15) is 24.1 Å². The maximum Gasteiger partial charge on any atom is 0.416 e. The van der Waals surface area contributed by atoms with Gasteiger partial charge >= 0.3 is 12.1 Å². The summed E-state index contributed by atoms with van der Waals surface area (Å²) in [4.78, 5) is 11.6. The first-order valence-electron chi connectivity index (χ1n) is 9.74. The number of aliphatic hydroxyl groups excluding tert-OH is 1. The van der Waals surface area contributed by atoms with Crippen molar-refractivity contribution in [1.82, 2.24) is 0 Å². The second kappa shape index (κ2) is 7.96. The second-order valence-corrected chi connectivity index (χ2v) is 7.77. The van der Waals surface area contributed by atoms with Gasteiger partial charge in [0.05, 0.1) is 11.1 Å². The lowest BCUT2D eigenvalue weighted by atomic mass is 9.83. The Morgan fingerprint density at radius 2 is 1.78 bits per heavy atom. The lowest BCUT2D eigenvalue weighted by molar-refractivity contribution is -0.137. The summed E-state index contributed by atoms with van der Waals surface area (Å²) in [7, 11) is 0. The van der Waals surface area contributed by atoms with Crippen molar-refractivity contribution in [2.75, 3.05) is 6.61 Å². The number of carboxylic acid groups (broad SMARTS) is 1. The third-order valence-corrected chi connectivity index (χ3v) is 5.54. The largest absolute Gasteiger partial charge is 0.490 e. The summed E-state index contributed by atoms with van der Waals surface area (Å²) in [5.41, 5.74) is -1.75. The van der Waals surface area contributed by atoms with E-state index in [1.807, 2.05) is 30.3 Å². The number of alkyl halides is 3. The van der Waals surface area contributed by atoms with Crippen molar-refractivity contribution >= 4 is 5.97 Å². The van der Waals surface area contributed by atoms with Crippen molar-refractivity contribution in [2.45, 2.75) is 24.3 Å². The van der Waals surface area contributed by atoms with Crippen molar-refractivity contribution in [1.29, 1.82) is 0 Å². The molecule has 8 heteroatoms. The van der Waals surface area contributed by atoms with Crippen LogP contribution in [0.1, 0.15) is 33.2 Å². The van der Waals surface area contributed by atoms with E-state index in [-0.39, 0.29) is 41.0 Å². The lowest BCUT2D eigenvalue weighted by Crippen LogP contribution is -2.47. The van der Waals surface area contributed by atoms with Crippen LogP contribution in [0.2, 0.25) is 0 Å². The molecule has 0 spiro atoms. The van der Waals surface area contributed by atoms with Crippen molar-refractivity contribution in [3.63, 3.8) is 0 Å². The third kappa shape index (κ3) is 4.06. The van der Waals surface area contributed by atoms with Crippen LogP contribution >= 0.6 is 0 Å². The molecular weight excluding hydrogens is 425 g/mol. The molecule has 1 aliphatic heterocycles. The first-order valence-corrected chi connectivity index (χ1v) is 9.74. The molecule has 0 aliphatic carbocycles. The molecule has 1 heterocycles. The van der Waals surface area contributed by atoms with E-state index in [1.54, 1.807) is 0 Å². The monoisotopic (exact) mass is 444 g/mol. The highest BCUT2D eigenvalue weighted by Crippen LogP contribution is 2.42. The van der Waals surface area contributed by atoms with Gasteiger partial charge < -0.3 is 20.1 Å². The summed E-state index contributed by atoms with van der Waals surface area (Å²) in [5, 5.41) is 31.2. The van der Waals surface area contributed by atoms with Gasteiger partial charge in [-0.05, 0) is 41.0 Å². The molecule has 3 N–H and O–H groups in total. The van der Waals surface area contributed by atoms with Crippen molar-refractivity contribution in [2.24, 2.45) is 0 Å². The SMILES string of the molecule is O=C(O)c1ccc(C(F)(F)F)cc1-c1ccc2c(c1)OC[C@@](O)(Cc1ccccc1)[C@H]2O. The first-order chi connectivity index (χ1) is 15.1. The molecule has 0 fully saturated rings. The molecule has 0 saturated heterocycles. The van der Waals surface area contributed by atoms with Crippen molar-refractivity contribution < 1.29 is 38.0 Å². The molecule has 4 rings (SSSR count). The van der Waals surface area contributed by atoms with Crippen LogP contribution in [0.3, 0.4) is 0 Å². The molecule has 5 nitrogen and oxygen atoms in total. The van der Waals surface area contributed by atoms with Gasteiger partial charge in [0.25, 0.3) is 0 Å². The normalized spacial score (nSPS) is 20.3. The van der Waals surface area contributed by atoms with Gasteiger partial charge in [0.2, 0.25) is 0 Å². The minimum atomic E-state index is -4.64. The van der Waals surface area contributed by atoms with Gasteiger partial charge in [0.15, 0.2) is 0 Å². The number of aromatic carboxylic acids is 1. The number of rotatable bonds is 4. The molecule has 0 unspecified atom stereocenters. The number of aliphatic hydroxyl groups is 2. The number of halogens is 3. The van der Waals surface area contributed by atoms with Crippen molar-refractivity contribution in [3.8, 4) is 16.9 Å². The van der Waals surface area contributed by atoms with Gasteiger partial charge in [-0.1, -0.05) is 42.5 Å². The first kappa shape index (κ1) is 21.9. The molecule has 32 heavy (non-hydrogen) atoms. The zero-order valence-electron chi connectivity index (χ0n) is 16.6.